The number of nitriles is 1. The summed E-state index contributed by atoms with van der Waals surface area (Å²) >= 11 is 0. The molecular formula is C13H15N3O2. The Hall–Kier alpha value is -2.48. The molecule has 1 rings (SSSR count). The lowest BCUT2D eigenvalue weighted by atomic mass is 10.2. The summed E-state index contributed by atoms with van der Waals surface area (Å²) in [6.45, 7) is 0. The molecule has 0 radical (unpaired) electrons. The normalized spacial score (nSPS) is 10.4. The largest absolute Gasteiger partial charge is 0.495 e. The van der Waals surface area contributed by atoms with Crippen molar-refractivity contribution in [3.8, 4) is 11.8 Å². The van der Waals surface area contributed by atoms with Crippen LogP contribution < -0.4 is 10.1 Å². The van der Waals surface area contributed by atoms with Crippen LogP contribution in [-0.4, -0.2) is 32.0 Å². The number of hydrogen-bond acceptors (Lipinski definition) is 4. The Morgan fingerprint density at radius 3 is 2.67 bits per heavy atom. The van der Waals surface area contributed by atoms with E-state index in [0.717, 1.165) is 0 Å². The molecule has 0 heterocycles. The van der Waals surface area contributed by atoms with Gasteiger partial charge in [0.15, 0.2) is 0 Å². The number of ether oxygens (including phenoxy) is 1. The van der Waals surface area contributed by atoms with Gasteiger partial charge in [-0.25, -0.2) is 0 Å². The summed E-state index contributed by atoms with van der Waals surface area (Å²) in [5.41, 5.74) is 0.566. The second-order valence-electron chi connectivity index (χ2n) is 3.77. The first-order chi connectivity index (χ1) is 8.58. The smallest absolute Gasteiger partial charge is 0.267 e. The molecule has 18 heavy (non-hydrogen) atoms. The third-order valence-corrected chi connectivity index (χ3v) is 2.11. The van der Waals surface area contributed by atoms with Gasteiger partial charge in [-0.2, -0.15) is 5.26 Å². The third kappa shape index (κ3) is 3.52. The fourth-order valence-electron chi connectivity index (χ4n) is 1.33. The van der Waals surface area contributed by atoms with E-state index in [9.17, 15) is 4.79 Å². The first kappa shape index (κ1) is 13.6. The average Bonchev–Trinajstić information content (AvgIpc) is 2.36. The van der Waals surface area contributed by atoms with Crippen molar-refractivity contribution in [1.82, 2.24) is 4.90 Å². The van der Waals surface area contributed by atoms with Gasteiger partial charge >= 0.3 is 0 Å². The molecule has 1 aromatic rings. The van der Waals surface area contributed by atoms with Gasteiger partial charge in [-0.05, 0) is 12.1 Å². The number of benzene rings is 1. The van der Waals surface area contributed by atoms with Gasteiger partial charge in [-0.15, -0.1) is 0 Å². The Balaban J connectivity index is 2.91. The lowest BCUT2D eigenvalue weighted by Gasteiger charge is -2.10. The number of nitrogens with zero attached hydrogens (tertiary/aromatic N) is 2. The Labute approximate surface area is 106 Å². The molecule has 0 saturated carbocycles. The van der Waals surface area contributed by atoms with Crippen LogP contribution in [0.4, 0.5) is 5.69 Å². The Bertz CT molecular complexity index is 501. The maximum atomic E-state index is 11.9. The maximum absolute atomic E-state index is 11.9. The van der Waals surface area contributed by atoms with E-state index in [1.807, 2.05) is 6.07 Å². The van der Waals surface area contributed by atoms with Crippen molar-refractivity contribution < 1.29 is 9.53 Å². The van der Waals surface area contributed by atoms with Crippen molar-refractivity contribution in [3.05, 3.63) is 36.0 Å². The molecule has 1 N–H and O–H groups in total. The number of carbonyl (C=O) groups excluding carboxylic acids is 1. The highest BCUT2D eigenvalue weighted by atomic mass is 16.5. The minimum Gasteiger partial charge on any atom is -0.495 e. The number of anilines is 1. The monoisotopic (exact) mass is 245 g/mol. The van der Waals surface area contributed by atoms with Crippen LogP contribution in [0.2, 0.25) is 0 Å². The van der Waals surface area contributed by atoms with Crippen molar-refractivity contribution in [1.29, 1.82) is 5.26 Å². The number of carbonyl (C=O) groups is 1. The zero-order chi connectivity index (χ0) is 13.5. The van der Waals surface area contributed by atoms with E-state index in [4.69, 9.17) is 10.00 Å². The summed E-state index contributed by atoms with van der Waals surface area (Å²) in [6.07, 6.45) is 1.46. The SMILES string of the molecule is COc1ccccc1NC(=O)/C(C#N)=C/N(C)C. The maximum Gasteiger partial charge on any atom is 0.267 e. The van der Waals surface area contributed by atoms with E-state index in [-0.39, 0.29) is 5.57 Å². The molecule has 5 nitrogen and oxygen atoms in total. The predicted molar refractivity (Wildman–Crippen MR) is 69.0 cm³/mol. The van der Waals surface area contributed by atoms with E-state index in [1.165, 1.54) is 13.3 Å². The van der Waals surface area contributed by atoms with Crippen molar-refractivity contribution >= 4 is 11.6 Å². The third-order valence-electron chi connectivity index (χ3n) is 2.11. The molecule has 0 aliphatic rings. The molecule has 1 amide bonds. The molecule has 0 aliphatic heterocycles. The molecule has 0 unspecified atom stereocenters. The molecular weight excluding hydrogens is 230 g/mol. The topological polar surface area (TPSA) is 65.4 Å². The van der Waals surface area contributed by atoms with Gasteiger partial charge in [0.05, 0.1) is 12.8 Å². The molecule has 0 bridgehead atoms. The van der Waals surface area contributed by atoms with Crippen LogP contribution >= 0.6 is 0 Å². The lowest BCUT2D eigenvalue weighted by Crippen LogP contribution is -2.16. The van der Waals surface area contributed by atoms with Gasteiger partial charge in [0, 0.05) is 20.3 Å². The summed E-state index contributed by atoms with van der Waals surface area (Å²) in [4.78, 5) is 13.5. The number of methoxy groups -OCH3 is 1. The van der Waals surface area contributed by atoms with Crippen molar-refractivity contribution in [3.63, 3.8) is 0 Å². The molecule has 5 heteroatoms. The Kier molecular flexibility index (Phi) is 4.76. The summed E-state index contributed by atoms with van der Waals surface area (Å²) in [5, 5.41) is 11.5. The molecule has 1 aromatic carbocycles. The number of para-hydroxylation sites is 2. The van der Waals surface area contributed by atoms with Crippen LogP contribution in [-0.2, 0) is 4.79 Å². The minimum absolute atomic E-state index is 0.0332. The molecule has 0 atom stereocenters. The highest BCUT2D eigenvalue weighted by Crippen LogP contribution is 2.23. The van der Waals surface area contributed by atoms with Crippen LogP contribution in [0, 0.1) is 11.3 Å². The number of amides is 1. The highest BCUT2D eigenvalue weighted by molar-refractivity contribution is 6.07. The molecule has 0 aliphatic carbocycles. The van der Waals surface area contributed by atoms with Crippen molar-refractivity contribution in [2.75, 3.05) is 26.5 Å². The quantitative estimate of drug-likeness (QED) is 0.646. The van der Waals surface area contributed by atoms with Gasteiger partial charge < -0.3 is 15.0 Å². The standard InChI is InChI=1S/C13H15N3O2/c1-16(2)9-10(8-14)13(17)15-11-6-4-5-7-12(11)18-3/h4-7,9H,1-3H3,(H,15,17)/b10-9+. The van der Waals surface area contributed by atoms with Crippen LogP contribution in [0.5, 0.6) is 5.75 Å². The molecule has 0 aromatic heterocycles. The molecule has 0 spiro atoms. The Morgan fingerprint density at radius 1 is 1.44 bits per heavy atom. The number of rotatable bonds is 4. The van der Waals surface area contributed by atoms with Crippen molar-refractivity contribution in [2.24, 2.45) is 0 Å². The second-order valence-corrected chi connectivity index (χ2v) is 3.77. The molecule has 0 fully saturated rings. The van der Waals surface area contributed by atoms with Crippen LogP contribution in [0.15, 0.2) is 36.0 Å². The first-order valence-electron chi connectivity index (χ1n) is 5.31. The van der Waals surface area contributed by atoms with Crippen molar-refractivity contribution in [2.45, 2.75) is 0 Å². The highest BCUT2D eigenvalue weighted by Gasteiger charge is 2.11. The predicted octanol–water partition coefficient (Wildman–Crippen LogP) is 1.60. The van der Waals surface area contributed by atoms with Gasteiger partial charge in [0.2, 0.25) is 0 Å². The van der Waals surface area contributed by atoms with Gasteiger partial charge in [0.1, 0.15) is 17.4 Å². The second kappa shape index (κ2) is 6.30. The molecule has 94 valence electrons. The summed E-state index contributed by atoms with van der Waals surface area (Å²) < 4.78 is 5.11. The Morgan fingerprint density at radius 2 is 2.11 bits per heavy atom. The summed E-state index contributed by atoms with van der Waals surface area (Å²) in [5.74, 6) is 0.0868. The van der Waals surface area contributed by atoms with Crippen LogP contribution in [0.25, 0.3) is 0 Å². The first-order valence-corrected chi connectivity index (χ1v) is 5.31. The zero-order valence-corrected chi connectivity index (χ0v) is 10.6. The minimum atomic E-state index is -0.462. The number of nitrogens with one attached hydrogen (secondary N) is 1. The van der Waals surface area contributed by atoms with Crippen LogP contribution in [0.3, 0.4) is 0 Å². The van der Waals surface area contributed by atoms with E-state index >= 15 is 0 Å². The molecule has 0 saturated heterocycles. The van der Waals surface area contributed by atoms with Gasteiger partial charge in [0.25, 0.3) is 5.91 Å². The van der Waals surface area contributed by atoms with E-state index in [2.05, 4.69) is 5.32 Å². The summed E-state index contributed by atoms with van der Waals surface area (Å²) in [7, 11) is 5.01. The zero-order valence-electron chi connectivity index (χ0n) is 10.6. The fourth-order valence-corrected chi connectivity index (χ4v) is 1.33. The van der Waals surface area contributed by atoms with E-state index in [0.29, 0.717) is 11.4 Å². The average molecular weight is 245 g/mol. The van der Waals surface area contributed by atoms with Crippen LogP contribution in [0.1, 0.15) is 0 Å². The fraction of sp³-hybridized carbons (Fsp3) is 0.231. The summed E-state index contributed by atoms with van der Waals surface area (Å²) in [6, 6.07) is 8.88. The van der Waals surface area contributed by atoms with E-state index in [1.54, 1.807) is 43.3 Å². The van der Waals surface area contributed by atoms with E-state index < -0.39 is 5.91 Å². The van der Waals surface area contributed by atoms with Gasteiger partial charge in [-0.1, -0.05) is 12.1 Å². The van der Waals surface area contributed by atoms with Gasteiger partial charge in [-0.3, -0.25) is 4.79 Å². The number of hydrogen-bond donors (Lipinski definition) is 1. The lowest BCUT2D eigenvalue weighted by molar-refractivity contribution is -0.112.